The van der Waals surface area contributed by atoms with E-state index in [-0.39, 0.29) is 17.0 Å². The summed E-state index contributed by atoms with van der Waals surface area (Å²) in [6.07, 6.45) is 2.03. The third kappa shape index (κ3) is 4.04. The third-order valence-corrected chi connectivity index (χ3v) is 3.38. The molecule has 0 bridgehead atoms. The Morgan fingerprint density at radius 2 is 2.18 bits per heavy atom. The van der Waals surface area contributed by atoms with Crippen molar-refractivity contribution >= 4 is 17.5 Å². The van der Waals surface area contributed by atoms with Crippen LogP contribution in [-0.4, -0.2) is 23.0 Å². The average Bonchev–Trinajstić information content (AvgIpc) is 2.74. The zero-order valence-electron chi connectivity index (χ0n) is 10.5. The van der Waals surface area contributed by atoms with Crippen molar-refractivity contribution in [2.24, 2.45) is 5.92 Å². The number of aromatic nitrogens is 1. The van der Waals surface area contributed by atoms with Crippen LogP contribution in [0.15, 0.2) is 10.6 Å². The molecule has 5 heteroatoms. The van der Waals surface area contributed by atoms with Crippen molar-refractivity contribution in [2.75, 3.05) is 6.54 Å². The van der Waals surface area contributed by atoms with Crippen molar-refractivity contribution in [3.05, 3.63) is 17.5 Å². The maximum atomic E-state index is 11.7. The van der Waals surface area contributed by atoms with Crippen LogP contribution in [0.5, 0.6) is 0 Å². The summed E-state index contributed by atoms with van der Waals surface area (Å²) in [5.74, 6) is 0.395. The molecule has 0 fully saturated rings. The van der Waals surface area contributed by atoms with Crippen LogP contribution in [0.25, 0.3) is 0 Å². The zero-order chi connectivity index (χ0) is 12.8. The number of carbonyl (C=O) groups is 1. The lowest BCUT2D eigenvalue weighted by Crippen LogP contribution is -2.33. The highest BCUT2D eigenvalue weighted by Gasteiger charge is 2.18. The first-order chi connectivity index (χ1) is 8.08. The molecule has 0 radical (unpaired) electrons. The second kappa shape index (κ2) is 6.64. The van der Waals surface area contributed by atoms with Crippen LogP contribution in [0.1, 0.15) is 42.9 Å². The fourth-order valence-electron chi connectivity index (χ4n) is 1.71. The second-order valence-electron chi connectivity index (χ2n) is 4.14. The minimum atomic E-state index is -0.262. The Morgan fingerprint density at radius 1 is 1.53 bits per heavy atom. The molecule has 4 nitrogen and oxygen atoms in total. The molecule has 0 aliphatic heterocycles. The van der Waals surface area contributed by atoms with Crippen molar-refractivity contribution in [2.45, 2.75) is 39.0 Å². The molecule has 1 amide bonds. The molecule has 1 aromatic rings. The van der Waals surface area contributed by atoms with Gasteiger partial charge < -0.3 is 9.84 Å². The first kappa shape index (κ1) is 14.0. The lowest BCUT2D eigenvalue weighted by atomic mass is 9.99. The first-order valence-corrected chi connectivity index (χ1v) is 6.37. The number of halogens is 1. The van der Waals surface area contributed by atoms with Gasteiger partial charge in [-0.15, -0.1) is 11.6 Å². The van der Waals surface area contributed by atoms with E-state index in [2.05, 4.69) is 24.3 Å². The van der Waals surface area contributed by atoms with Gasteiger partial charge in [0.15, 0.2) is 0 Å². The molecule has 0 saturated heterocycles. The van der Waals surface area contributed by atoms with E-state index in [1.54, 1.807) is 13.0 Å². The molecular formula is C12H19ClN2O2. The number of nitrogens with one attached hydrogen (secondary N) is 1. The fraction of sp³-hybridized carbons (Fsp3) is 0.667. The van der Waals surface area contributed by atoms with Gasteiger partial charge in [-0.3, -0.25) is 4.79 Å². The van der Waals surface area contributed by atoms with Crippen LogP contribution in [0.2, 0.25) is 0 Å². The van der Waals surface area contributed by atoms with E-state index in [4.69, 9.17) is 16.1 Å². The molecule has 0 spiro atoms. The third-order valence-electron chi connectivity index (χ3n) is 2.87. The van der Waals surface area contributed by atoms with Gasteiger partial charge in [-0.25, -0.2) is 0 Å². The predicted molar refractivity (Wildman–Crippen MR) is 67.3 cm³/mol. The lowest BCUT2D eigenvalue weighted by molar-refractivity contribution is 0.0914. The molecule has 0 aliphatic carbocycles. The molecule has 1 heterocycles. The SMILES string of the molecule is CCC(CC)C(Cl)CNC(=O)c1cc(C)no1. The highest BCUT2D eigenvalue weighted by Crippen LogP contribution is 2.17. The number of hydrogen-bond donors (Lipinski definition) is 1. The topological polar surface area (TPSA) is 55.1 Å². The number of rotatable bonds is 6. The Balaban J connectivity index is 2.43. The summed E-state index contributed by atoms with van der Waals surface area (Å²) < 4.78 is 4.87. The average molecular weight is 259 g/mol. The molecule has 0 aliphatic rings. The molecule has 1 aromatic heterocycles. The standard InChI is InChI=1S/C12H19ClN2O2/c1-4-9(5-2)10(13)7-14-12(16)11-6-8(3)15-17-11/h6,9-10H,4-5,7H2,1-3H3,(H,14,16). The molecule has 1 N–H and O–H groups in total. The zero-order valence-corrected chi connectivity index (χ0v) is 11.3. The highest BCUT2D eigenvalue weighted by molar-refractivity contribution is 6.21. The number of alkyl halides is 1. The minimum Gasteiger partial charge on any atom is -0.351 e. The largest absolute Gasteiger partial charge is 0.351 e. The molecule has 1 rings (SSSR count). The smallest absolute Gasteiger partial charge is 0.289 e. The van der Waals surface area contributed by atoms with Gasteiger partial charge in [0, 0.05) is 12.6 Å². The van der Waals surface area contributed by atoms with Crippen LogP contribution < -0.4 is 5.32 Å². The highest BCUT2D eigenvalue weighted by atomic mass is 35.5. The van der Waals surface area contributed by atoms with E-state index in [9.17, 15) is 4.79 Å². The Bertz CT molecular complexity index is 361. The summed E-state index contributed by atoms with van der Waals surface area (Å²) in [5, 5.41) is 6.38. The van der Waals surface area contributed by atoms with E-state index in [1.807, 2.05) is 0 Å². The van der Waals surface area contributed by atoms with Gasteiger partial charge in [0.25, 0.3) is 5.91 Å². The van der Waals surface area contributed by atoms with E-state index in [0.29, 0.717) is 18.2 Å². The first-order valence-electron chi connectivity index (χ1n) is 5.94. The number of nitrogens with zero attached hydrogens (tertiary/aromatic N) is 1. The molecule has 1 atom stereocenters. The van der Waals surface area contributed by atoms with Crippen molar-refractivity contribution < 1.29 is 9.32 Å². The normalized spacial score (nSPS) is 12.8. The number of carbonyl (C=O) groups excluding carboxylic acids is 1. The lowest BCUT2D eigenvalue weighted by Gasteiger charge is -2.19. The van der Waals surface area contributed by atoms with Crippen molar-refractivity contribution in [3.8, 4) is 0 Å². The van der Waals surface area contributed by atoms with Crippen LogP contribution >= 0.6 is 11.6 Å². The summed E-state index contributed by atoms with van der Waals surface area (Å²) in [6.45, 7) is 6.43. The number of amides is 1. The Labute approximate surface area is 107 Å². The molecular weight excluding hydrogens is 240 g/mol. The van der Waals surface area contributed by atoms with Crippen molar-refractivity contribution in [1.29, 1.82) is 0 Å². The van der Waals surface area contributed by atoms with Crippen LogP contribution in [0.3, 0.4) is 0 Å². The Morgan fingerprint density at radius 3 is 2.65 bits per heavy atom. The van der Waals surface area contributed by atoms with Gasteiger partial charge >= 0.3 is 0 Å². The van der Waals surface area contributed by atoms with Gasteiger partial charge in [0.1, 0.15) is 0 Å². The van der Waals surface area contributed by atoms with Crippen LogP contribution in [0.4, 0.5) is 0 Å². The molecule has 17 heavy (non-hydrogen) atoms. The van der Waals surface area contributed by atoms with Gasteiger partial charge in [0.05, 0.1) is 11.1 Å². The Hall–Kier alpha value is -1.03. The molecule has 1 unspecified atom stereocenters. The summed E-state index contributed by atoms with van der Waals surface area (Å²) in [4.78, 5) is 11.7. The quantitative estimate of drug-likeness (QED) is 0.799. The molecule has 0 aromatic carbocycles. The minimum absolute atomic E-state index is 0.0435. The van der Waals surface area contributed by atoms with Crippen LogP contribution in [-0.2, 0) is 0 Å². The maximum absolute atomic E-state index is 11.7. The van der Waals surface area contributed by atoms with Gasteiger partial charge in [-0.1, -0.05) is 31.8 Å². The van der Waals surface area contributed by atoms with E-state index in [0.717, 1.165) is 12.8 Å². The number of hydrogen-bond acceptors (Lipinski definition) is 3. The van der Waals surface area contributed by atoms with Gasteiger partial charge in [-0.05, 0) is 12.8 Å². The van der Waals surface area contributed by atoms with Crippen LogP contribution in [0, 0.1) is 12.8 Å². The monoisotopic (exact) mass is 258 g/mol. The van der Waals surface area contributed by atoms with E-state index in [1.165, 1.54) is 0 Å². The van der Waals surface area contributed by atoms with Crippen molar-refractivity contribution in [1.82, 2.24) is 10.5 Å². The molecule has 96 valence electrons. The summed E-state index contributed by atoms with van der Waals surface area (Å²) in [7, 11) is 0. The predicted octanol–water partition coefficient (Wildman–Crippen LogP) is 2.76. The van der Waals surface area contributed by atoms with Crippen molar-refractivity contribution in [3.63, 3.8) is 0 Å². The fourth-order valence-corrected chi connectivity index (χ4v) is 2.15. The van der Waals surface area contributed by atoms with Gasteiger partial charge in [-0.2, -0.15) is 0 Å². The summed E-state index contributed by atoms with van der Waals surface area (Å²) in [5.41, 5.74) is 0.692. The van der Waals surface area contributed by atoms with Gasteiger partial charge in [0.2, 0.25) is 5.76 Å². The Kier molecular flexibility index (Phi) is 5.48. The summed E-state index contributed by atoms with van der Waals surface area (Å²) >= 11 is 6.22. The maximum Gasteiger partial charge on any atom is 0.289 e. The second-order valence-corrected chi connectivity index (χ2v) is 4.70. The van der Waals surface area contributed by atoms with E-state index < -0.39 is 0 Å². The van der Waals surface area contributed by atoms with E-state index >= 15 is 0 Å². The molecule has 0 saturated carbocycles. The summed E-state index contributed by atoms with van der Waals surface area (Å²) in [6, 6.07) is 1.61. The number of aryl methyl sites for hydroxylation is 1.